The van der Waals surface area contributed by atoms with Gasteiger partial charge in [-0.2, -0.15) is 0 Å². The van der Waals surface area contributed by atoms with Gasteiger partial charge in [-0.25, -0.2) is 0 Å². The first-order valence-electron chi connectivity index (χ1n) is 19.5. The molecule has 0 radical (unpaired) electrons. The van der Waals surface area contributed by atoms with E-state index in [9.17, 15) is 19.2 Å². The molecule has 61 heavy (non-hydrogen) atoms. The number of nitrogens with two attached hydrogens (primary N) is 1. The summed E-state index contributed by atoms with van der Waals surface area (Å²) in [6, 6.07) is 24.7. The maximum atomic E-state index is 12.3. The number of thioether (sulfide) groups is 2. The Labute approximate surface area is 378 Å². The number of nitrogens with zero attached hydrogens (tertiary/aromatic N) is 6. The molecule has 6 aromatic rings. The summed E-state index contributed by atoms with van der Waals surface area (Å²) in [7, 11) is 2.64. The number of carboxylic acids is 1. The van der Waals surface area contributed by atoms with E-state index in [-0.39, 0.29) is 35.6 Å². The van der Waals surface area contributed by atoms with E-state index in [1.54, 1.807) is 13.8 Å². The number of esters is 2. The second kappa shape index (κ2) is 21.0. The van der Waals surface area contributed by atoms with Gasteiger partial charge in [0.15, 0.2) is 10.3 Å². The predicted octanol–water partition coefficient (Wildman–Crippen LogP) is 8.66. The summed E-state index contributed by atoms with van der Waals surface area (Å²) in [5.41, 5.74) is 9.78. The van der Waals surface area contributed by atoms with Crippen molar-refractivity contribution in [3.8, 4) is 11.4 Å². The summed E-state index contributed by atoms with van der Waals surface area (Å²) in [6.45, 7) is 3.27. The van der Waals surface area contributed by atoms with Crippen LogP contribution >= 0.6 is 55.4 Å². The summed E-state index contributed by atoms with van der Waals surface area (Å²) in [4.78, 5) is 44.9. The summed E-state index contributed by atoms with van der Waals surface area (Å²) >= 11 is 9.42. The van der Waals surface area contributed by atoms with E-state index in [1.165, 1.54) is 73.6 Å². The lowest BCUT2D eigenvalue weighted by Gasteiger charge is -2.14. The van der Waals surface area contributed by atoms with Gasteiger partial charge in [-0.1, -0.05) is 91.1 Å². The molecule has 2 unspecified atom stereocenters. The second-order valence-electron chi connectivity index (χ2n) is 14.6. The molecule has 14 nitrogen and oxygen atoms in total. The average Bonchev–Trinajstić information content (AvgIpc) is 4.21. The van der Waals surface area contributed by atoms with Crippen LogP contribution in [0.15, 0.2) is 92.6 Å². The van der Waals surface area contributed by atoms with Crippen LogP contribution in [0.3, 0.4) is 0 Å². The van der Waals surface area contributed by atoms with Gasteiger partial charge < -0.3 is 20.3 Å². The number of methoxy groups -OCH3 is 2. The van der Waals surface area contributed by atoms with E-state index in [1.807, 2.05) is 21.3 Å². The van der Waals surface area contributed by atoms with Crippen molar-refractivity contribution in [2.45, 2.75) is 74.1 Å². The fourth-order valence-corrected chi connectivity index (χ4v) is 9.34. The van der Waals surface area contributed by atoms with Crippen LogP contribution in [0, 0.1) is 5.92 Å². The average molecular weight is 996 g/mol. The molecular formula is C43H45Br2N7O7S2. The Hall–Kier alpha value is -4.62. The molecule has 2 fully saturated rings. The summed E-state index contributed by atoms with van der Waals surface area (Å²) < 4.78 is 13.9. The molecule has 0 amide bonds. The zero-order chi connectivity index (χ0) is 43.8. The van der Waals surface area contributed by atoms with Crippen molar-refractivity contribution in [3.05, 3.63) is 93.4 Å². The molecule has 3 N–H and O–H groups in total. The lowest BCUT2D eigenvalue weighted by atomic mass is 9.99. The van der Waals surface area contributed by atoms with Crippen LogP contribution < -0.4 is 5.73 Å². The highest BCUT2D eigenvalue weighted by Gasteiger charge is 2.28. The molecular weight excluding hydrogens is 950 g/mol. The van der Waals surface area contributed by atoms with Crippen molar-refractivity contribution in [2.24, 2.45) is 11.7 Å². The van der Waals surface area contributed by atoms with Crippen LogP contribution in [0.25, 0.3) is 32.9 Å². The molecule has 4 aromatic carbocycles. The molecule has 0 spiro atoms. The first-order valence-corrected chi connectivity index (χ1v) is 23.0. The van der Waals surface area contributed by atoms with E-state index in [2.05, 4.69) is 118 Å². The van der Waals surface area contributed by atoms with Crippen molar-refractivity contribution in [3.63, 3.8) is 0 Å². The molecule has 2 aromatic heterocycles. The van der Waals surface area contributed by atoms with Crippen LogP contribution in [-0.2, 0) is 28.7 Å². The zero-order valence-electron chi connectivity index (χ0n) is 33.9. The molecule has 2 atom stereocenters. The van der Waals surface area contributed by atoms with Gasteiger partial charge in [0, 0.05) is 17.2 Å². The minimum absolute atomic E-state index is 0.0301. The molecule has 0 bridgehead atoms. The number of aromatic nitrogens is 6. The minimum Gasteiger partial charge on any atom is -0.481 e. The lowest BCUT2D eigenvalue weighted by molar-refractivity contribution is -0.146. The maximum absolute atomic E-state index is 12.3. The Bertz CT molecular complexity index is 2560. The number of hydrogen-bond acceptors (Lipinski definition) is 13. The molecule has 320 valence electrons. The number of benzene rings is 4. The highest BCUT2D eigenvalue weighted by atomic mass is 79.9. The normalized spacial score (nSPS) is 14.3. The van der Waals surface area contributed by atoms with Gasteiger partial charge in [0.1, 0.15) is 11.8 Å². The molecule has 0 saturated heterocycles. The number of ketones is 1. The molecule has 8 rings (SSSR count). The predicted molar refractivity (Wildman–Crippen MR) is 243 cm³/mol. The third-order valence-corrected chi connectivity index (χ3v) is 12.9. The number of carbonyl (C=O) groups excluding carboxylic acids is 3. The first kappa shape index (κ1) is 45.9. The third kappa shape index (κ3) is 11.5. The van der Waals surface area contributed by atoms with Crippen LogP contribution in [0.1, 0.15) is 68.9 Å². The van der Waals surface area contributed by atoms with Crippen LogP contribution in [0.4, 0.5) is 0 Å². The fraction of sp³-hybridized carbons (Fsp3) is 0.349. The number of hydrogen-bond donors (Lipinski definition) is 2. The summed E-state index contributed by atoms with van der Waals surface area (Å²) in [6.07, 6.45) is 5.13. The molecule has 18 heteroatoms. The topological polar surface area (TPSA) is 194 Å². The van der Waals surface area contributed by atoms with Gasteiger partial charge in [-0.05, 0) is 110 Å². The van der Waals surface area contributed by atoms with E-state index in [0.717, 1.165) is 33.9 Å². The van der Waals surface area contributed by atoms with E-state index >= 15 is 0 Å². The fourth-order valence-electron chi connectivity index (χ4n) is 6.74. The van der Waals surface area contributed by atoms with Crippen molar-refractivity contribution >= 4 is 101 Å². The maximum Gasteiger partial charge on any atom is 0.322 e. The van der Waals surface area contributed by atoms with Gasteiger partial charge >= 0.3 is 17.9 Å². The Kier molecular flexibility index (Phi) is 15.8. The van der Waals surface area contributed by atoms with Gasteiger partial charge in [0.2, 0.25) is 9.47 Å². The zero-order valence-corrected chi connectivity index (χ0v) is 38.7. The van der Waals surface area contributed by atoms with Gasteiger partial charge in [0.05, 0.1) is 43.0 Å². The quantitative estimate of drug-likeness (QED) is 0.0777. The minimum atomic E-state index is -0.875. The number of aliphatic carboxylic acids is 1. The molecule has 2 heterocycles. The Balaban J connectivity index is 0.000000180. The number of halogens is 2. The number of fused-ring (bicyclic) bond motifs is 2. The molecule has 2 saturated carbocycles. The lowest BCUT2D eigenvalue weighted by Crippen LogP contribution is -2.27. The van der Waals surface area contributed by atoms with E-state index in [0.29, 0.717) is 31.6 Å². The summed E-state index contributed by atoms with van der Waals surface area (Å²) in [5, 5.41) is 31.5. The number of carboxylic acid groups (broad SMARTS) is 1. The largest absolute Gasteiger partial charge is 0.481 e. The van der Waals surface area contributed by atoms with Crippen LogP contribution in [0.5, 0.6) is 0 Å². The van der Waals surface area contributed by atoms with Crippen molar-refractivity contribution in [1.29, 1.82) is 0 Å². The second-order valence-corrected chi connectivity index (χ2v) is 17.9. The monoisotopic (exact) mass is 993 g/mol. The van der Waals surface area contributed by atoms with E-state index in [4.69, 9.17) is 15.6 Å². The molecule has 0 aliphatic heterocycles. The van der Waals surface area contributed by atoms with Gasteiger partial charge in [-0.3, -0.25) is 28.3 Å². The Morgan fingerprint density at radius 3 is 1.49 bits per heavy atom. The number of Topliss-reactive ketones (excluding diaryl/α,β-unsaturated/α-hetero) is 1. The van der Waals surface area contributed by atoms with Crippen molar-refractivity contribution < 1.29 is 33.8 Å². The highest BCUT2D eigenvalue weighted by Crippen LogP contribution is 2.45. The highest BCUT2D eigenvalue weighted by molar-refractivity contribution is 9.10. The summed E-state index contributed by atoms with van der Waals surface area (Å²) in [5.74, 6) is -0.635. The first-order chi connectivity index (χ1) is 29.3. The molecule has 2 aliphatic carbocycles. The van der Waals surface area contributed by atoms with Crippen molar-refractivity contribution in [1.82, 2.24) is 29.5 Å². The Morgan fingerprint density at radius 1 is 0.689 bits per heavy atom. The number of rotatable bonds is 14. The van der Waals surface area contributed by atoms with E-state index < -0.39 is 17.9 Å². The Morgan fingerprint density at radius 2 is 1.11 bits per heavy atom. The van der Waals surface area contributed by atoms with Crippen LogP contribution in [0.2, 0.25) is 0 Å². The van der Waals surface area contributed by atoms with Crippen LogP contribution in [-0.4, -0.2) is 90.1 Å². The SMILES string of the molecule is COC(=O)C(C)CC(=O)CSc1nnc(Br)n1-c1ccc(C2CC2)c2ccccc12.COC(=O)C(C)N.O=C(O)CSc1nnc(Br)n1-c1ccc(C2CC2)c2ccccc12. The standard InChI is InChI=1S/C22H22BrN3O3S.C17H14BrN3O2S.C4H9NO2/c1-13(20(28)29-2)11-15(27)12-30-22-25-24-21(23)26(22)19-10-9-16(14-7-8-14)17-5-3-4-6-18(17)19;18-16-19-20-17(24-9-15(22)23)21(16)14-8-7-11(10-5-6-10)12-3-1-2-4-13(12)14;1-3(5)4(6)7-2/h3-6,9-10,13-14H,7-8,11-12H2,1-2H3;1-4,7-8,10H,5-6,9H2,(H,22,23);3H,5H2,1-2H3. The van der Waals surface area contributed by atoms with Crippen molar-refractivity contribution in [2.75, 3.05) is 25.7 Å². The van der Waals surface area contributed by atoms with Gasteiger partial charge in [-0.15, -0.1) is 20.4 Å². The molecule has 2 aliphatic rings. The third-order valence-electron chi connectivity index (χ3n) is 9.97. The number of carbonyl (C=O) groups is 4. The number of ether oxygens (including phenoxy) is 2. The smallest absolute Gasteiger partial charge is 0.322 e. The van der Waals surface area contributed by atoms with Gasteiger partial charge in [0.25, 0.3) is 0 Å².